The summed E-state index contributed by atoms with van der Waals surface area (Å²) in [4.78, 5) is 18.9. The van der Waals surface area contributed by atoms with Crippen LogP contribution in [0.3, 0.4) is 0 Å². The molecule has 0 unspecified atom stereocenters. The third-order valence-corrected chi connectivity index (χ3v) is 6.34. The first-order chi connectivity index (χ1) is 13.8. The molecule has 0 radical (unpaired) electrons. The van der Waals surface area contributed by atoms with Gasteiger partial charge in [0.15, 0.2) is 0 Å². The molecule has 146 valence electrons. The first-order valence-corrected chi connectivity index (χ1v) is 10.8. The normalized spacial score (nSPS) is 19.9. The third kappa shape index (κ3) is 3.78. The zero-order valence-corrected chi connectivity index (χ0v) is 16.4. The fourth-order valence-corrected chi connectivity index (χ4v) is 4.45. The molecule has 2 fully saturated rings. The first kappa shape index (κ1) is 17.7. The van der Waals surface area contributed by atoms with Crippen LogP contribution in [0, 0.1) is 5.92 Å². The van der Waals surface area contributed by atoms with Gasteiger partial charge in [0.1, 0.15) is 11.9 Å². The maximum atomic E-state index is 12.2. The van der Waals surface area contributed by atoms with Crippen LogP contribution >= 0.6 is 0 Å². The fourth-order valence-electron chi connectivity index (χ4n) is 4.45. The summed E-state index contributed by atoms with van der Waals surface area (Å²) in [6.07, 6.45) is 11.0. The molecule has 3 aliphatic rings. The van der Waals surface area contributed by atoms with Crippen molar-refractivity contribution < 1.29 is 9.53 Å². The zero-order chi connectivity index (χ0) is 18.9. The van der Waals surface area contributed by atoms with E-state index in [-0.39, 0.29) is 6.10 Å². The van der Waals surface area contributed by atoms with E-state index in [0.717, 1.165) is 57.4 Å². The number of nitrogens with zero attached hydrogens (tertiary/aromatic N) is 2. The van der Waals surface area contributed by atoms with E-state index in [4.69, 9.17) is 4.74 Å². The van der Waals surface area contributed by atoms with E-state index in [2.05, 4.69) is 35.3 Å². The Hall–Kier alpha value is -2.36. The molecule has 0 bridgehead atoms. The predicted octanol–water partition coefficient (Wildman–Crippen LogP) is 4.41. The molecule has 4 nitrogen and oxygen atoms in total. The second-order valence-corrected chi connectivity index (χ2v) is 8.48. The van der Waals surface area contributed by atoms with Crippen molar-refractivity contribution in [3.8, 4) is 16.9 Å². The average molecular weight is 377 g/mol. The number of fused-ring (bicyclic) bond motifs is 1. The smallest absolute Gasteiger partial charge is 0.225 e. The minimum Gasteiger partial charge on any atom is -0.490 e. The largest absolute Gasteiger partial charge is 0.490 e. The van der Waals surface area contributed by atoms with Gasteiger partial charge in [-0.1, -0.05) is 12.1 Å². The number of hydrogen-bond donors (Lipinski definition) is 0. The number of amides is 1. The lowest BCUT2D eigenvalue weighted by atomic mass is 9.94. The van der Waals surface area contributed by atoms with E-state index in [9.17, 15) is 4.79 Å². The Bertz CT molecular complexity index is 849. The van der Waals surface area contributed by atoms with Gasteiger partial charge in [0.2, 0.25) is 5.91 Å². The molecule has 2 aliphatic carbocycles. The summed E-state index contributed by atoms with van der Waals surface area (Å²) in [6.45, 7) is 1.66. The maximum Gasteiger partial charge on any atom is 0.225 e. The van der Waals surface area contributed by atoms with Gasteiger partial charge < -0.3 is 9.64 Å². The molecule has 5 rings (SSSR count). The van der Waals surface area contributed by atoms with Crippen molar-refractivity contribution >= 4 is 5.91 Å². The second kappa shape index (κ2) is 7.57. The van der Waals surface area contributed by atoms with Crippen LogP contribution in [-0.4, -0.2) is 35.0 Å². The molecule has 1 aromatic carbocycles. The number of hydrogen-bond acceptors (Lipinski definition) is 3. The molecule has 2 heterocycles. The van der Waals surface area contributed by atoms with E-state index in [0.29, 0.717) is 11.8 Å². The minimum atomic E-state index is 0.208. The van der Waals surface area contributed by atoms with Gasteiger partial charge >= 0.3 is 0 Å². The van der Waals surface area contributed by atoms with Crippen LogP contribution < -0.4 is 4.74 Å². The molecule has 2 aromatic rings. The molecule has 1 saturated heterocycles. The van der Waals surface area contributed by atoms with Crippen molar-refractivity contribution in [3.63, 3.8) is 0 Å². The van der Waals surface area contributed by atoms with Crippen LogP contribution in [0.1, 0.15) is 49.8 Å². The van der Waals surface area contributed by atoms with E-state index in [1.165, 1.54) is 35.2 Å². The van der Waals surface area contributed by atoms with Crippen molar-refractivity contribution in [2.75, 3.05) is 13.1 Å². The summed E-state index contributed by atoms with van der Waals surface area (Å²) in [5.41, 5.74) is 5.08. The second-order valence-electron chi connectivity index (χ2n) is 8.48. The molecule has 1 aliphatic heterocycles. The summed E-state index contributed by atoms with van der Waals surface area (Å²) < 4.78 is 6.19. The Kier molecular flexibility index (Phi) is 4.79. The number of carbonyl (C=O) groups is 1. The number of aromatic nitrogens is 1. The highest BCUT2D eigenvalue weighted by molar-refractivity contribution is 5.81. The third-order valence-electron chi connectivity index (χ3n) is 6.34. The van der Waals surface area contributed by atoms with Gasteiger partial charge in [-0.25, -0.2) is 0 Å². The van der Waals surface area contributed by atoms with Gasteiger partial charge in [0.25, 0.3) is 0 Å². The number of rotatable bonds is 4. The molecular formula is C24H28N2O2. The van der Waals surface area contributed by atoms with E-state index in [1.807, 2.05) is 11.1 Å². The van der Waals surface area contributed by atoms with Crippen molar-refractivity contribution in [1.82, 2.24) is 9.88 Å². The predicted molar refractivity (Wildman–Crippen MR) is 109 cm³/mol. The number of ether oxygens (including phenoxy) is 1. The molecule has 0 N–H and O–H groups in total. The zero-order valence-electron chi connectivity index (χ0n) is 16.4. The number of likely N-dealkylation sites (tertiary alicyclic amines) is 1. The number of piperidine rings is 1. The Morgan fingerprint density at radius 2 is 1.71 bits per heavy atom. The molecular weight excluding hydrogens is 348 g/mol. The van der Waals surface area contributed by atoms with Crippen LogP contribution in [0.15, 0.2) is 36.5 Å². The highest BCUT2D eigenvalue weighted by atomic mass is 16.5. The van der Waals surface area contributed by atoms with Gasteiger partial charge in [-0.2, -0.15) is 0 Å². The molecule has 1 aromatic heterocycles. The van der Waals surface area contributed by atoms with Crippen LogP contribution in [-0.2, 0) is 17.6 Å². The molecule has 1 saturated carbocycles. The number of benzene rings is 1. The maximum absolute atomic E-state index is 12.2. The number of carbonyl (C=O) groups excluding carboxylic acids is 1. The Morgan fingerprint density at radius 3 is 2.46 bits per heavy atom. The molecule has 28 heavy (non-hydrogen) atoms. The molecule has 0 spiro atoms. The first-order valence-electron chi connectivity index (χ1n) is 10.8. The SMILES string of the molecule is O=C(C1CC1)N1CCC(Oc2ccc(-c3cnc4c(c3)CCCC4)cc2)CC1. The Morgan fingerprint density at radius 1 is 0.964 bits per heavy atom. The van der Waals surface area contributed by atoms with Gasteiger partial charge in [0, 0.05) is 49.3 Å². The lowest BCUT2D eigenvalue weighted by Crippen LogP contribution is -2.42. The lowest BCUT2D eigenvalue weighted by Gasteiger charge is -2.32. The van der Waals surface area contributed by atoms with E-state index in [1.54, 1.807) is 0 Å². The van der Waals surface area contributed by atoms with E-state index >= 15 is 0 Å². The topological polar surface area (TPSA) is 42.4 Å². The van der Waals surface area contributed by atoms with Crippen LogP contribution in [0.5, 0.6) is 5.75 Å². The summed E-state index contributed by atoms with van der Waals surface area (Å²) in [5, 5.41) is 0. The lowest BCUT2D eigenvalue weighted by molar-refractivity contribution is -0.134. The Labute approximate surface area is 166 Å². The molecule has 1 amide bonds. The van der Waals surface area contributed by atoms with Crippen LogP contribution in [0.2, 0.25) is 0 Å². The molecule has 4 heteroatoms. The Balaban J connectivity index is 1.19. The number of pyridine rings is 1. The van der Waals surface area contributed by atoms with Gasteiger partial charge in [-0.05, 0) is 67.9 Å². The monoisotopic (exact) mass is 376 g/mol. The quantitative estimate of drug-likeness (QED) is 0.794. The van der Waals surface area contributed by atoms with Crippen molar-refractivity contribution in [2.45, 2.75) is 57.5 Å². The minimum absolute atomic E-state index is 0.208. The summed E-state index contributed by atoms with van der Waals surface area (Å²) in [6, 6.07) is 10.7. The van der Waals surface area contributed by atoms with E-state index < -0.39 is 0 Å². The van der Waals surface area contributed by atoms with Gasteiger partial charge in [-0.3, -0.25) is 9.78 Å². The summed E-state index contributed by atoms with van der Waals surface area (Å²) in [5.74, 6) is 1.60. The standard InChI is InChI=1S/C24H28N2O2/c27-24(18-5-6-18)26-13-11-22(12-14-26)28-21-9-7-17(8-10-21)20-15-19-3-1-2-4-23(19)25-16-20/h7-10,15-16,18,22H,1-6,11-14H2. The highest BCUT2D eigenvalue weighted by Crippen LogP contribution is 2.32. The number of aryl methyl sites for hydroxylation is 2. The van der Waals surface area contributed by atoms with Gasteiger partial charge in [0.05, 0.1) is 0 Å². The van der Waals surface area contributed by atoms with Crippen molar-refractivity contribution in [2.24, 2.45) is 5.92 Å². The summed E-state index contributed by atoms with van der Waals surface area (Å²) >= 11 is 0. The van der Waals surface area contributed by atoms with Crippen LogP contribution in [0.25, 0.3) is 11.1 Å². The van der Waals surface area contributed by atoms with Crippen molar-refractivity contribution in [1.29, 1.82) is 0 Å². The fraction of sp³-hybridized carbons (Fsp3) is 0.500. The summed E-state index contributed by atoms with van der Waals surface area (Å²) in [7, 11) is 0. The molecule has 0 atom stereocenters. The highest BCUT2D eigenvalue weighted by Gasteiger charge is 2.35. The average Bonchev–Trinajstić information content (AvgIpc) is 3.59. The van der Waals surface area contributed by atoms with Gasteiger partial charge in [-0.15, -0.1) is 0 Å². The van der Waals surface area contributed by atoms with Crippen LogP contribution in [0.4, 0.5) is 0 Å². The van der Waals surface area contributed by atoms with Crippen molar-refractivity contribution in [3.05, 3.63) is 47.8 Å².